The van der Waals surface area contributed by atoms with Gasteiger partial charge in [0.05, 0.1) is 6.54 Å². The van der Waals surface area contributed by atoms with Crippen LogP contribution in [0.2, 0.25) is 12.1 Å². The van der Waals surface area contributed by atoms with Crippen molar-refractivity contribution >= 4 is 38.2 Å². The van der Waals surface area contributed by atoms with E-state index in [2.05, 4.69) is 56.3 Å². The van der Waals surface area contributed by atoms with Crippen LogP contribution in [0.5, 0.6) is 0 Å². The normalized spacial score (nSPS) is 13.1. The summed E-state index contributed by atoms with van der Waals surface area (Å²) in [4.78, 5) is 5.30. The number of aryl methyl sites for hydroxylation is 3. The SMILES string of the molecule is CCO[Si](/C=C/c1cccc(C)c1CN=C(C)c1c(CC[Si](OCC)(OCC)OCC)cccc1CC[Si](OCC)(OCC)OCC)(OCC)OCC. The Labute approximate surface area is 324 Å². The lowest BCUT2D eigenvalue weighted by molar-refractivity contribution is 0.0707. The van der Waals surface area contributed by atoms with E-state index in [9.17, 15) is 0 Å². The molecule has 0 amide bonds. The molecule has 53 heavy (non-hydrogen) atoms. The van der Waals surface area contributed by atoms with E-state index in [0.717, 1.165) is 40.8 Å². The zero-order valence-electron chi connectivity index (χ0n) is 34.6. The van der Waals surface area contributed by atoms with E-state index >= 15 is 0 Å². The molecular weight excluding hydrogens is 723 g/mol. The van der Waals surface area contributed by atoms with Gasteiger partial charge in [-0.3, -0.25) is 4.99 Å². The molecular formula is C40H69NO9Si3. The highest BCUT2D eigenvalue weighted by Gasteiger charge is 2.42. The van der Waals surface area contributed by atoms with Crippen LogP contribution >= 0.6 is 0 Å². The molecule has 0 fully saturated rings. The van der Waals surface area contributed by atoms with E-state index in [1.807, 2.05) is 68.0 Å². The largest absolute Gasteiger partial charge is 0.529 e. The van der Waals surface area contributed by atoms with E-state index in [1.165, 1.54) is 11.1 Å². The van der Waals surface area contributed by atoms with Crippen molar-refractivity contribution in [3.05, 3.63) is 75.5 Å². The highest BCUT2D eigenvalue weighted by atomic mass is 28.4. The summed E-state index contributed by atoms with van der Waals surface area (Å²) in [5, 5.41) is 0. The average Bonchev–Trinajstić information content (AvgIpc) is 3.13. The van der Waals surface area contributed by atoms with Crippen LogP contribution < -0.4 is 0 Å². The standard InChI is InChI=1S/C40H69NO9Si3/c1-12-42-51(43-13-2,44-14-3)30-27-36-24-21-23-34(10)39(36)33-41-35(11)40-37(28-31-52(45-15-4,46-16-5)47-17-6)25-22-26-38(40)29-32-53(48-18-7,49-19-8)50-20-9/h21-27,30H,12-20,28-29,31-33H2,1-11H3/b30-27+,41-35?. The molecule has 0 aliphatic carbocycles. The van der Waals surface area contributed by atoms with E-state index in [0.29, 0.717) is 78.1 Å². The van der Waals surface area contributed by atoms with Gasteiger partial charge in [0, 0.05) is 82.8 Å². The minimum Gasteiger partial charge on any atom is -0.374 e. The molecule has 0 aliphatic heterocycles. The third kappa shape index (κ3) is 14.6. The Morgan fingerprint density at radius 3 is 1.36 bits per heavy atom. The van der Waals surface area contributed by atoms with Crippen LogP contribution in [0.3, 0.4) is 0 Å². The number of hydrogen-bond donors (Lipinski definition) is 0. The fourth-order valence-corrected chi connectivity index (χ4v) is 13.8. The maximum absolute atomic E-state index is 6.25. The molecule has 0 saturated heterocycles. The van der Waals surface area contributed by atoms with Crippen LogP contribution in [0.25, 0.3) is 6.08 Å². The van der Waals surface area contributed by atoms with Crippen LogP contribution in [0.15, 0.2) is 47.1 Å². The molecule has 2 rings (SSSR count). The van der Waals surface area contributed by atoms with Crippen molar-refractivity contribution in [1.29, 1.82) is 0 Å². The molecule has 10 nitrogen and oxygen atoms in total. The van der Waals surface area contributed by atoms with Crippen molar-refractivity contribution in [2.24, 2.45) is 4.99 Å². The third-order valence-corrected chi connectivity index (χ3v) is 17.4. The Balaban J connectivity index is 2.66. The molecule has 2 aromatic rings. The Kier molecular flexibility index (Phi) is 22.6. The quantitative estimate of drug-likeness (QED) is 0.0592. The van der Waals surface area contributed by atoms with E-state index < -0.39 is 26.4 Å². The van der Waals surface area contributed by atoms with Crippen molar-refractivity contribution in [3.63, 3.8) is 0 Å². The summed E-state index contributed by atoms with van der Waals surface area (Å²) in [5.41, 5.74) is 9.83. The summed E-state index contributed by atoms with van der Waals surface area (Å²) in [6.07, 6.45) is 3.54. The van der Waals surface area contributed by atoms with Gasteiger partial charge in [0.2, 0.25) is 0 Å². The summed E-state index contributed by atoms with van der Waals surface area (Å²) in [5.74, 6) is 0. The molecule has 13 heteroatoms. The molecule has 0 spiro atoms. The van der Waals surface area contributed by atoms with Crippen molar-refractivity contribution < 1.29 is 39.8 Å². The summed E-state index contributed by atoms with van der Waals surface area (Å²) >= 11 is 0. The molecule has 0 bridgehead atoms. The molecule has 0 N–H and O–H groups in total. The fourth-order valence-electron chi connectivity index (χ4n) is 6.55. The second kappa shape index (κ2) is 25.3. The van der Waals surface area contributed by atoms with E-state index in [-0.39, 0.29) is 0 Å². The van der Waals surface area contributed by atoms with E-state index in [1.54, 1.807) is 0 Å². The number of hydrogen-bond acceptors (Lipinski definition) is 10. The monoisotopic (exact) mass is 791 g/mol. The molecule has 0 aromatic heterocycles. The Bertz CT molecular complexity index is 1290. The van der Waals surface area contributed by atoms with Gasteiger partial charge >= 0.3 is 26.4 Å². The molecule has 0 atom stereocenters. The van der Waals surface area contributed by atoms with Crippen LogP contribution in [-0.2, 0) is 59.2 Å². The predicted octanol–water partition coefficient (Wildman–Crippen LogP) is 8.79. The Hall–Kier alpha value is -1.86. The topological polar surface area (TPSA) is 95.4 Å². The second-order valence-electron chi connectivity index (χ2n) is 12.2. The van der Waals surface area contributed by atoms with Gasteiger partial charge in [-0.1, -0.05) is 42.5 Å². The number of benzene rings is 2. The van der Waals surface area contributed by atoms with Gasteiger partial charge in [0.1, 0.15) is 0 Å². The van der Waals surface area contributed by atoms with Crippen molar-refractivity contribution in [3.8, 4) is 0 Å². The minimum atomic E-state index is -2.99. The molecule has 0 heterocycles. The van der Waals surface area contributed by atoms with Gasteiger partial charge in [-0.05, 0) is 123 Å². The lowest BCUT2D eigenvalue weighted by Gasteiger charge is -2.29. The summed E-state index contributed by atoms with van der Waals surface area (Å²) in [6, 6.07) is 14.2. The Morgan fingerprint density at radius 2 is 0.962 bits per heavy atom. The van der Waals surface area contributed by atoms with Crippen LogP contribution in [0.1, 0.15) is 103 Å². The van der Waals surface area contributed by atoms with Crippen LogP contribution in [0.4, 0.5) is 0 Å². The number of aliphatic imine (C=N–C) groups is 1. The van der Waals surface area contributed by atoms with Crippen LogP contribution in [-0.4, -0.2) is 91.6 Å². The first-order chi connectivity index (χ1) is 25.6. The van der Waals surface area contributed by atoms with E-state index in [4.69, 9.17) is 44.8 Å². The van der Waals surface area contributed by atoms with Crippen LogP contribution in [0, 0.1) is 6.92 Å². The lowest BCUT2D eigenvalue weighted by atomic mass is 9.94. The first kappa shape index (κ1) is 47.3. The average molecular weight is 792 g/mol. The zero-order valence-corrected chi connectivity index (χ0v) is 37.6. The number of nitrogens with zero attached hydrogens (tertiary/aromatic N) is 1. The predicted molar refractivity (Wildman–Crippen MR) is 221 cm³/mol. The van der Waals surface area contributed by atoms with Gasteiger partial charge in [0.25, 0.3) is 0 Å². The second-order valence-corrected chi connectivity index (χ2v) is 20.1. The lowest BCUT2D eigenvalue weighted by Crippen LogP contribution is -2.46. The molecule has 0 aliphatic rings. The molecule has 0 radical (unpaired) electrons. The Morgan fingerprint density at radius 1 is 0.566 bits per heavy atom. The van der Waals surface area contributed by atoms with Crippen molar-refractivity contribution in [2.45, 2.75) is 108 Å². The fraction of sp³-hybridized carbons (Fsp3) is 0.625. The van der Waals surface area contributed by atoms with Gasteiger partial charge in [-0.25, -0.2) is 0 Å². The zero-order chi connectivity index (χ0) is 39.2. The molecule has 0 unspecified atom stereocenters. The number of rotatable bonds is 29. The smallest absolute Gasteiger partial charge is 0.374 e. The van der Waals surface area contributed by atoms with Gasteiger partial charge in [-0.15, -0.1) is 0 Å². The third-order valence-electron chi connectivity index (χ3n) is 8.61. The highest BCUT2D eigenvalue weighted by Crippen LogP contribution is 2.28. The molecule has 300 valence electrons. The van der Waals surface area contributed by atoms with Gasteiger partial charge in [-0.2, -0.15) is 0 Å². The van der Waals surface area contributed by atoms with Gasteiger partial charge < -0.3 is 39.8 Å². The summed E-state index contributed by atoms with van der Waals surface area (Å²) < 4.78 is 55.8. The maximum atomic E-state index is 6.25. The molecule has 0 saturated carbocycles. The molecule has 2 aromatic carbocycles. The summed E-state index contributed by atoms with van der Waals surface area (Å²) in [7, 11) is -8.77. The highest BCUT2D eigenvalue weighted by molar-refractivity contribution is 6.67. The minimum absolute atomic E-state index is 0.503. The van der Waals surface area contributed by atoms with Gasteiger partial charge in [0.15, 0.2) is 0 Å². The van der Waals surface area contributed by atoms with Crippen molar-refractivity contribution in [2.75, 3.05) is 59.5 Å². The maximum Gasteiger partial charge on any atom is 0.529 e. The summed E-state index contributed by atoms with van der Waals surface area (Å²) in [6.45, 7) is 27.4. The first-order valence-electron chi connectivity index (χ1n) is 19.8. The van der Waals surface area contributed by atoms with Crippen molar-refractivity contribution in [1.82, 2.24) is 0 Å². The first-order valence-corrected chi connectivity index (χ1v) is 25.4.